The minimum atomic E-state index is -0.495. The molecule has 1 aromatic carbocycles. The molecule has 2 atom stereocenters. The van der Waals surface area contributed by atoms with E-state index in [0.29, 0.717) is 18.5 Å². The fourth-order valence-electron chi connectivity index (χ4n) is 2.26. The van der Waals surface area contributed by atoms with Gasteiger partial charge < -0.3 is 14.5 Å². The van der Waals surface area contributed by atoms with Crippen LogP contribution in [0.25, 0.3) is 11.5 Å². The van der Waals surface area contributed by atoms with Crippen LogP contribution in [0.4, 0.5) is 5.69 Å². The Morgan fingerprint density at radius 3 is 2.79 bits per heavy atom. The number of ether oxygens (including phenoxy) is 1. The number of hydrogen-bond acceptors (Lipinski definition) is 8. The highest BCUT2D eigenvalue weighted by Gasteiger charge is 2.29. The first-order chi connectivity index (χ1) is 11.5. The maximum absolute atomic E-state index is 11.8. The zero-order chi connectivity index (χ0) is 17.1. The van der Waals surface area contributed by atoms with Crippen molar-refractivity contribution in [2.75, 3.05) is 6.54 Å². The number of benzene rings is 1. The number of nitro groups is 1. The molecule has 1 aliphatic heterocycles. The van der Waals surface area contributed by atoms with Gasteiger partial charge in [0.05, 0.1) is 4.92 Å². The van der Waals surface area contributed by atoms with Gasteiger partial charge in [0, 0.05) is 29.6 Å². The summed E-state index contributed by atoms with van der Waals surface area (Å²) in [5.41, 5.74) is 0.502. The van der Waals surface area contributed by atoms with Gasteiger partial charge in [-0.25, -0.2) is 0 Å². The average Bonchev–Trinajstić information content (AvgIpc) is 3.22. The van der Waals surface area contributed by atoms with Crippen LogP contribution in [0, 0.1) is 10.1 Å². The Labute approximate surface area is 141 Å². The second-order valence-corrected chi connectivity index (χ2v) is 5.82. The summed E-state index contributed by atoms with van der Waals surface area (Å²) in [6.45, 7) is 0.413. The van der Waals surface area contributed by atoms with Crippen LogP contribution >= 0.6 is 11.6 Å². The van der Waals surface area contributed by atoms with Crippen molar-refractivity contribution in [3.05, 3.63) is 40.3 Å². The fourth-order valence-corrected chi connectivity index (χ4v) is 2.53. The summed E-state index contributed by atoms with van der Waals surface area (Å²) < 4.78 is 10.5. The van der Waals surface area contributed by atoms with Crippen molar-refractivity contribution in [3.8, 4) is 11.5 Å². The van der Waals surface area contributed by atoms with Crippen molar-refractivity contribution < 1.29 is 18.9 Å². The molecule has 9 nitrogen and oxygen atoms in total. The largest absolute Gasteiger partial charge is 0.454 e. The van der Waals surface area contributed by atoms with Gasteiger partial charge in [-0.2, -0.15) is 0 Å². The number of esters is 1. The number of halogens is 1. The smallest absolute Gasteiger partial charge is 0.323 e. The Hall–Kier alpha value is -2.52. The zero-order valence-corrected chi connectivity index (χ0v) is 13.1. The van der Waals surface area contributed by atoms with E-state index in [9.17, 15) is 14.9 Å². The van der Waals surface area contributed by atoms with E-state index in [0.717, 1.165) is 0 Å². The highest BCUT2D eigenvalue weighted by Crippen LogP contribution is 2.21. The maximum Gasteiger partial charge on any atom is 0.323 e. The van der Waals surface area contributed by atoms with Crippen LogP contribution in [0.5, 0.6) is 0 Å². The Kier molecular flexibility index (Phi) is 4.72. The molecule has 0 amide bonds. The third-order valence-corrected chi connectivity index (χ3v) is 3.82. The maximum atomic E-state index is 11.8. The minimum Gasteiger partial charge on any atom is -0.454 e. The molecule has 0 saturated carbocycles. The number of carbonyl (C=O) groups is 1. The van der Waals surface area contributed by atoms with Crippen LogP contribution in [-0.2, 0) is 16.1 Å². The molecule has 0 radical (unpaired) electrons. The highest BCUT2D eigenvalue weighted by molar-refractivity contribution is 6.21. The normalized spacial score (nSPS) is 20.0. The second-order valence-electron chi connectivity index (χ2n) is 5.21. The van der Waals surface area contributed by atoms with Gasteiger partial charge in [-0.1, -0.05) is 0 Å². The van der Waals surface area contributed by atoms with Gasteiger partial charge in [-0.05, 0) is 18.6 Å². The van der Waals surface area contributed by atoms with Gasteiger partial charge in [0.2, 0.25) is 5.89 Å². The van der Waals surface area contributed by atoms with E-state index in [1.165, 1.54) is 24.3 Å². The summed E-state index contributed by atoms with van der Waals surface area (Å²) in [5.74, 6) is -0.0962. The van der Waals surface area contributed by atoms with E-state index < -0.39 is 16.9 Å². The molecule has 24 heavy (non-hydrogen) atoms. The van der Waals surface area contributed by atoms with E-state index in [-0.39, 0.29) is 29.5 Å². The lowest BCUT2D eigenvalue weighted by Gasteiger charge is -2.08. The first kappa shape index (κ1) is 16.3. The average molecular weight is 353 g/mol. The highest BCUT2D eigenvalue weighted by atomic mass is 35.5. The van der Waals surface area contributed by atoms with Crippen molar-refractivity contribution >= 4 is 23.3 Å². The predicted octanol–water partition coefficient (Wildman–Crippen LogP) is 1.66. The van der Waals surface area contributed by atoms with Crippen LogP contribution < -0.4 is 5.32 Å². The summed E-state index contributed by atoms with van der Waals surface area (Å²) in [5, 5.41) is 21.1. The topological polar surface area (TPSA) is 120 Å². The first-order valence-electron chi connectivity index (χ1n) is 7.14. The Balaban J connectivity index is 1.59. The standard InChI is InChI=1S/C14H13ClN4O5/c15-9-5-11(16-6-9)14(20)23-7-12-17-18-13(24-12)8-1-3-10(4-2-8)19(21)22/h1-4,9,11,16H,5-7H2. The lowest BCUT2D eigenvalue weighted by atomic mass is 10.2. The van der Waals surface area contributed by atoms with E-state index in [1.807, 2.05) is 0 Å². The molecule has 0 aliphatic carbocycles. The molecular weight excluding hydrogens is 340 g/mol. The van der Waals surface area contributed by atoms with Gasteiger partial charge in [-0.15, -0.1) is 21.8 Å². The molecule has 1 N–H and O–H groups in total. The summed E-state index contributed by atoms with van der Waals surface area (Å²) in [6, 6.07) is 5.26. The SMILES string of the molecule is O=C(OCc1nnc(-c2ccc([N+](=O)[O-])cc2)o1)C1CC(Cl)CN1. The Morgan fingerprint density at radius 2 is 2.17 bits per heavy atom. The number of nitro benzene ring substituents is 1. The molecule has 1 aromatic heterocycles. The molecule has 1 aliphatic rings. The van der Waals surface area contributed by atoms with Crippen LogP contribution in [0.15, 0.2) is 28.7 Å². The van der Waals surface area contributed by atoms with Crippen molar-refractivity contribution in [2.24, 2.45) is 0 Å². The summed E-state index contributed by atoms with van der Waals surface area (Å²) in [6.07, 6.45) is 0.512. The van der Waals surface area contributed by atoms with Gasteiger partial charge in [0.25, 0.3) is 11.6 Å². The fraction of sp³-hybridized carbons (Fsp3) is 0.357. The lowest BCUT2D eigenvalue weighted by molar-refractivity contribution is -0.384. The number of alkyl halides is 1. The predicted molar refractivity (Wildman–Crippen MR) is 82.2 cm³/mol. The lowest BCUT2D eigenvalue weighted by Crippen LogP contribution is -2.32. The Bertz CT molecular complexity index is 748. The molecule has 2 unspecified atom stereocenters. The molecular formula is C14H13ClN4O5. The quantitative estimate of drug-likeness (QED) is 0.373. The van der Waals surface area contributed by atoms with E-state index >= 15 is 0 Å². The van der Waals surface area contributed by atoms with Crippen LogP contribution in [0.2, 0.25) is 0 Å². The van der Waals surface area contributed by atoms with Crippen molar-refractivity contribution in [3.63, 3.8) is 0 Å². The summed E-state index contributed by atoms with van der Waals surface area (Å²) in [7, 11) is 0. The van der Waals surface area contributed by atoms with Crippen LogP contribution in [0.3, 0.4) is 0 Å². The number of nitrogens with one attached hydrogen (secondary N) is 1. The van der Waals surface area contributed by atoms with E-state index in [1.54, 1.807) is 0 Å². The molecule has 1 fully saturated rings. The van der Waals surface area contributed by atoms with Crippen LogP contribution in [0.1, 0.15) is 12.3 Å². The third kappa shape index (κ3) is 3.69. The molecule has 3 rings (SSSR count). The van der Waals surface area contributed by atoms with E-state index in [2.05, 4.69) is 15.5 Å². The van der Waals surface area contributed by atoms with Gasteiger partial charge in [0.15, 0.2) is 6.61 Å². The number of rotatable bonds is 5. The van der Waals surface area contributed by atoms with Crippen molar-refractivity contribution in [1.82, 2.24) is 15.5 Å². The van der Waals surface area contributed by atoms with Crippen LogP contribution in [-0.4, -0.2) is 39.1 Å². The minimum absolute atomic E-state index is 0.0333. The zero-order valence-electron chi connectivity index (χ0n) is 12.3. The molecule has 0 spiro atoms. The third-order valence-electron chi connectivity index (χ3n) is 3.49. The number of nitrogens with zero attached hydrogens (tertiary/aromatic N) is 3. The summed E-state index contributed by atoms with van der Waals surface area (Å²) in [4.78, 5) is 22.0. The molecule has 1 saturated heterocycles. The number of hydrogen-bond donors (Lipinski definition) is 1. The van der Waals surface area contributed by atoms with Gasteiger partial charge in [-0.3, -0.25) is 14.9 Å². The molecule has 2 heterocycles. The molecule has 10 heteroatoms. The molecule has 2 aromatic rings. The van der Waals surface area contributed by atoms with E-state index in [4.69, 9.17) is 20.8 Å². The summed E-state index contributed by atoms with van der Waals surface area (Å²) >= 11 is 5.92. The number of aromatic nitrogens is 2. The Morgan fingerprint density at radius 1 is 1.42 bits per heavy atom. The number of non-ortho nitro benzene ring substituents is 1. The van der Waals surface area contributed by atoms with Gasteiger partial charge in [0.1, 0.15) is 6.04 Å². The van der Waals surface area contributed by atoms with Crippen molar-refractivity contribution in [1.29, 1.82) is 0 Å². The second kappa shape index (κ2) is 6.93. The van der Waals surface area contributed by atoms with Gasteiger partial charge >= 0.3 is 5.97 Å². The molecule has 126 valence electrons. The monoisotopic (exact) mass is 352 g/mol. The number of carbonyl (C=O) groups excluding carboxylic acids is 1. The van der Waals surface area contributed by atoms with Crippen molar-refractivity contribution in [2.45, 2.75) is 24.4 Å². The first-order valence-corrected chi connectivity index (χ1v) is 7.58. The molecule has 0 bridgehead atoms.